The summed E-state index contributed by atoms with van der Waals surface area (Å²) < 4.78 is 34.9. The van der Waals surface area contributed by atoms with E-state index in [1.54, 1.807) is 17.0 Å². The summed E-state index contributed by atoms with van der Waals surface area (Å²) in [5.41, 5.74) is 0.518. The van der Waals surface area contributed by atoms with Gasteiger partial charge >= 0.3 is 6.29 Å². The van der Waals surface area contributed by atoms with Gasteiger partial charge in [-0.25, -0.2) is 0 Å². The lowest BCUT2D eigenvalue weighted by molar-refractivity contribution is -0.287. The van der Waals surface area contributed by atoms with E-state index in [1.807, 2.05) is 0 Å². The van der Waals surface area contributed by atoms with Crippen LogP contribution in [0.5, 0.6) is 11.5 Å². The molecule has 1 atom stereocenters. The summed E-state index contributed by atoms with van der Waals surface area (Å²) in [5, 5.41) is 0. The molecule has 0 N–H and O–H groups in total. The molecule has 2 aliphatic rings. The summed E-state index contributed by atoms with van der Waals surface area (Å²) in [5.74, 6) is 0.00742. The van der Waals surface area contributed by atoms with Crippen molar-refractivity contribution in [1.29, 1.82) is 0 Å². The van der Waals surface area contributed by atoms with Crippen molar-refractivity contribution in [1.82, 2.24) is 4.90 Å². The Bertz CT molecular complexity index is 538. The fraction of sp³-hybridized carbons (Fsp3) is 0.417. The molecule has 3 rings (SSSR count). The lowest BCUT2D eigenvalue weighted by atomic mass is 10.2. The molecule has 1 unspecified atom stereocenters. The number of halogens is 3. The highest BCUT2D eigenvalue weighted by molar-refractivity contribution is 9.09. The van der Waals surface area contributed by atoms with Crippen LogP contribution in [0.3, 0.4) is 0 Å². The molecule has 1 fully saturated rings. The molecule has 4 nitrogen and oxygen atoms in total. The van der Waals surface area contributed by atoms with Crippen LogP contribution in [-0.4, -0.2) is 28.5 Å². The molecule has 2 heterocycles. The molecular formula is C12H10BrF2NO3. The molecule has 0 saturated carbocycles. The van der Waals surface area contributed by atoms with E-state index in [2.05, 4.69) is 25.4 Å². The normalized spacial score (nSPS) is 24.1. The zero-order chi connectivity index (χ0) is 13.6. The van der Waals surface area contributed by atoms with Crippen molar-refractivity contribution in [2.45, 2.75) is 24.1 Å². The number of amides is 1. The minimum atomic E-state index is -3.63. The summed E-state index contributed by atoms with van der Waals surface area (Å²) in [4.78, 5) is 13.4. The zero-order valence-corrected chi connectivity index (χ0v) is 11.3. The Kier molecular flexibility index (Phi) is 2.88. The molecule has 0 spiro atoms. The Morgan fingerprint density at radius 2 is 2.21 bits per heavy atom. The Labute approximate surface area is 116 Å². The molecule has 102 valence electrons. The molecule has 1 saturated heterocycles. The summed E-state index contributed by atoms with van der Waals surface area (Å²) in [6.45, 7) is 0.795. The number of ether oxygens (including phenoxy) is 2. The van der Waals surface area contributed by atoms with Crippen molar-refractivity contribution in [3.63, 3.8) is 0 Å². The maximum atomic E-state index is 13.0. The summed E-state index contributed by atoms with van der Waals surface area (Å²) in [6, 6.07) is 4.67. The molecule has 0 aliphatic carbocycles. The van der Waals surface area contributed by atoms with Gasteiger partial charge in [-0.1, -0.05) is 28.1 Å². The van der Waals surface area contributed by atoms with E-state index in [1.165, 1.54) is 6.07 Å². The van der Waals surface area contributed by atoms with Gasteiger partial charge in [0.25, 0.3) is 0 Å². The molecular weight excluding hydrogens is 324 g/mol. The van der Waals surface area contributed by atoms with Gasteiger partial charge in [-0.2, -0.15) is 0 Å². The number of hydrogen-bond acceptors (Lipinski definition) is 3. The van der Waals surface area contributed by atoms with Crippen LogP contribution in [0.4, 0.5) is 8.78 Å². The van der Waals surface area contributed by atoms with Crippen molar-refractivity contribution >= 4 is 21.8 Å². The average molecular weight is 334 g/mol. The fourth-order valence-corrected chi connectivity index (χ4v) is 2.86. The SMILES string of the molecule is O=C1CC(Br)CN1Cc1cccc2c1OC(F)(F)O2. The molecule has 0 radical (unpaired) electrons. The summed E-state index contributed by atoms with van der Waals surface area (Å²) in [6.07, 6.45) is -3.21. The number of hydrogen-bond donors (Lipinski definition) is 0. The number of carbonyl (C=O) groups excluding carboxylic acids is 1. The lowest BCUT2D eigenvalue weighted by Gasteiger charge is -2.16. The first kappa shape index (κ1) is 12.7. The van der Waals surface area contributed by atoms with E-state index in [0.29, 0.717) is 18.5 Å². The van der Waals surface area contributed by atoms with Crippen LogP contribution < -0.4 is 9.47 Å². The average Bonchev–Trinajstić information content (AvgIpc) is 2.78. The second-order valence-corrected chi connectivity index (χ2v) is 5.78. The summed E-state index contributed by atoms with van der Waals surface area (Å²) in [7, 11) is 0. The fourth-order valence-electron chi connectivity index (χ4n) is 2.23. The van der Waals surface area contributed by atoms with Crippen LogP contribution in [0.1, 0.15) is 12.0 Å². The number of nitrogens with zero attached hydrogens (tertiary/aromatic N) is 1. The van der Waals surface area contributed by atoms with E-state index >= 15 is 0 Å². The van der Waals surface area contributed by atoms with Gasteiger partial charge in [0.05, 0.1) is 0 Å². The second-order valence-electron chi connectivity index (χ2n) is 4.49. The third-order valence-corrected chi connectivity index (χ3v) is 3.65. The summed E-state index contributed by atoms with van der Waals surface area (Å²) >= 11 is 3.37. The van der Waals surface area contributed by atoms with E-state index in [-0.39, 0.29) is 28.8 Å². The van der Waals surface area contributed by atoms with Gasteiger partial charge in [-0.15, -0.1) is 8.78 Å². The van der Waals surface area contributed by atoms with E-state index in [4.69, 9.17) is 0 Å². The first-order valence-corrected chi connectivity index (χ1v) is 6.66. The monoisotopic (exact) mass is 333 g/mol. The van der Waals surface area contributed by atoms with E-state index < -0.39 is 6.29 Å². The molecule has 0 bridgehead atoms. The van der Waals surface area contributed by atoms with Gasteiger partial charge in [0.1, 0.15) is 0 Å². The number of benzene rings is 1. The minimum Gasteiger partial charge on any atom is -0.395 e. The van der Waals surface area contributed by atoms with Crippen LogP contribution in [0.2, 0.25) is 0 Å². The Hall–Kier alpha value is -1.37. The molecule has 1 aromatic carbocycles. The Morgan fingerprint density at radius 3 is 2.89 bits per heavy atom. The van der Waals surface area contributed by atoms with Crippen LogP contribution in [-0.2, 0) is 11.3 Å². The van der Waals surface area contributed by atoms with Crippen LogP contribution in [0, 0.1) is 0 Å². The topological polar surface area (TPSA) is 38.8 Å². The van der Waals surface area contributed by atoms with Crippen molar-refractivity contribution in [2.24, 2.45) is 0 Å². The van der Waals surface area contributed by atoms with E-state index in [0.717, 1.165) is 0 Å². The molecule has 19 heavy (non-hydrogen) atoms. The Morgan fingerprint density at radius 1 is 1.42 bits per heavy atom. The highest BCUT2D eigenvalue weighted by atomic mass is 79.9. The zero-order valence-electron chi connectivity index (χ0n) is 9.74. The van der Waals surface area contributed by atoms with Crippen LogP contribution in [0.15, 0.2) is 18.2 Å². The number of likely N-dealkylation sites (tertiary alicyclic amines) is 1. The molecule has 0 aromatic heterocycles. The number of rotatable bonds is 2. The van der Waals surface area contributed by atoms with Crippen molar-refractivity contribution in [2.75, 3.05) is 6.54 Å². The molecule has 1 aromatic rings. The first-order chi connectivity index (χ1) is 8.94. The first-order valence-electron chi connectivity index (χ1n) is 5.74. The predicted molar refractivity (Wildman–Crippen MR) is 65.4 cm³/mol. The largest absolute Gasteiger partial charge is 0.586 e. The lowest BCUT2D eigenvalue weighted by Crippen LogP contribution is -2.27. The van der Waals surface area contributed by atoms with Gasteiger partial charge in [0, 0.05) is 29.9 Å². The van der Waals surface area contributed by atoms with Crippen LogP contribution in [0.25, 0.3) is 0 Å². The smallest absolute Gasteiger partial charge is 0.395 e. The second kappa shape index (κ2) is 4.33. The minimum absolute atomic E-state index is 0.00420. The molecule has 2 aliphatic heterocycles. The quantitative estimate of drug-likeness (QED) is 0.780. The number of fused-ring (bicyclic) bond motifs is 1. The van der Waals surface area contributed by atoms with Gasteiger partial charge in [0.15, 0.2) is 11.5 Å². The maximum Gasteiger partial charge on any atom is 0.586 e. The number of alkyl halides is 3. The molecule has 1 amide bonds. The van der Waals surface area contributed by atoms with Gasteiger partial charge in [-0.3, -0.25) is 4.79 Å². The van der Waals surface area contributed by atoms with E-state index in [9.17, 15) is 13.6 Å². The Balaban J connectivity index is 1.84. The van der Waals surface area contributed by atoms with Crippen molar-refractivity contribution in [3.05, 3.63) is 23.8 Å². The predicted octanol–water partition coefficient (Wildman–Crippen LogP) is 2.50. The molecule has 7 heteroatoms. The highest BCUT2D eigenvalue weighted by Gasteiger charge is 2.44. The standard InChI is InChI=1S/C12H10BrF2NO3/c13-8-4-10(17)16(6-8)5-7-2-1-3-9-11(7)19-12(14,15)18-9/h1-3,8H,4-6H2. The number of carbonyl (C=O) groups is 1. The van der Waals surface area contributed by atoms with Gasteiger partial charge < -0.3 is 14.4 Å². The number of para-hydroxylation sites is 1. The van der Waals surface area contributed by atoms with Crippen LogP contribution >= 0.6 is 15.9 Å². The highest BCUT2D eigenvalue weighted by Crippen LogP contribution is 2.43. The third-order valence-electron chi connectivity index (χ3n) is 3.04. The van der Waals surface area contributed by atoms with Gasteiger partial charge in [0.2, 0.25) is 5.91 Å². The maximum absolute atomic E-state index is 13.0. The van der Waals surface area contributed by atoms with Gasteiger partial charge in [-0.05, 0) is 6.07 Å². The van der Waals surface area contributed by atoms with Crippen molar-refractivity contribution < 1.29 is 23.0 Å². The third kappa shape index (κ3) is 2.39. The van der Waals surface area contributed by atoms with Crippen molar-refractivity contribution in [3.8, 4) is 11.5 Å².